The van der Waals surface area contributed by atoms with Gasteiger partial charge in [0.15, 0.2) is 11.5 Å². The van der Waals surface area contributed by atoms with Crippen molar-refractivity contribution in [2.24, 2.45) is 0 Å². The van der Waals surface area contributed by atoms with E-state index in [9.17, 15) is 14.0 Å². The molecule has 8 heteroatoms. The molecule has 1 N–H and O–H groups in total. The molecule has 0 bridgehead atoms. The molecule has 2 amide bonds. The van der Waals surface area contributed by atoms with Crippen LogP contribution in [0.4, 0.5) is 10.1 Å². The van der Waals surface area contributed by atoms with Crippen molar-refractivity contribution in [3.8, 4) is 11.5 Å². The summed E-state index contributed by atoms with van der Waals surface area (Å²) in [5.41, 5.74) is 1.12. The summed E-state index contributed by atoms with van der Waals surface area (Å²) >= 11 is 0. The maximum absolute atomic E-state index is 12.9. The van der Waals surface area contributed by atoms with Crippen molar-refractivity contribution in [2.45, 2.75) is 0 Å². The van der Waals surface area contributed by atoms with Gasteiger partial charge in [-0.1, -0.05) is 0 Å². The zero-order valence-electron chi connectivity index (χ0n) is 15.2. The largest absolute Gasteiger partial charge is 0.454 e. The van der Waals surface area contributed by atoms with Crippen LogP contribution in [0.3, 0.4) is 0 Å². The lowest BCUT2D eigenvalue weighted by molar-refractivity contribution is -0.117. The van der Waals surface area contributed by atoms with Crippen LogP contribution < -0.4 is 14.8 Å². The van der Waals surface area contributed by atoms with Crippen LogP contribution in [-0.2, 0) is 4.79 Å². The first kappa shape index (κ1) is 18.2. The van der Waals surface area contributed by atoms with Gasteiger partial charge in [-0.05, 0) is 42.5 Å². The van der Waals surface area contributed by atoms with E-state index in [0.717, 1.165) is 0 Å². The molecule has 7 nitrogen and oxygen atoms in total. The Morgan fingerprint density at radius 2 is 1.68 bits per heavy atom. The number of hydrogen-bond acceptors (Lipinski definition) is 5. The molecular formula is C20H20FN3O4. The number of ether oxygens (including phenoxy) is 2. The molecule has 1 fully saturated rings. The van der Waals surface area contributed by atoms with Crippen LogP contribution >= 0.6 is 0 Å². The van der Waals surface area contributed by atoms with Crippen molar-refractivity contribution < 1.29 is 23.5 Å². The first-order chi connectivity index (χ1) is 13.6. The fraction of sp³-hybridized carbons (Fsp3) is 0.300. The van der Waals surface area contributed by atoms with Gasteiger partial charge in [-0.25, -0.2) is 4.39 Å². The van der Waals surface area contributed by atoms with Gasteiger partial charge < -0.3 is 19.7 Å². The van der Waals surface area contributed by atoms with Gasteiger partial charge in [0, 0.05) is 37.4 Å². The summed E-state index contributed by atoms with van der Waals surface area (Å²) in [6, 6.07) is 10.8. The molecule has 0 radical (unpaired) electrons. The second-order valence-corrected chi connectivity index (χ2v) is 6.69. The summed E-state index contributed by atoms with van der Waals surface area (Å²) < 4.78 is 23.5. The molecule has 2 aromatic rings. The molecule has 0 spiro atoms. The minimum absolute atomic E-state index is 0.0614. The van der Waals surface area contributed by atoms with Crippen LogP contribution in [0.2, 0.25) is 0 Å². The lowest BCUT2D eigenvalue weighted by Gasteiger charge is -2.34. The number of halogens is 1. The van der Waals surface area contributed by atoms with Crippen LogP contribution in [0.1, 0.15) is 10.4 Å². The zero-order chi connectivity index (χ0) is 19.5. The van der Waals surface area contributed by atoms with Crippen LogP contribution in [0, 0.1) is 5.82 Å². The van der Waals surface area contributed by atoms with Crippen LogP contribution in [0.15, 0.2) is 42.5 Å². The molecule has 2 aliphatic heterocycles. The van der Waals surface area contributed by atoms with Gasteiger partial charge in [-0.15, -0.1) is 0 Å². The van der Waals surface area contributed by atoms with Crippen LogP contribution in [0.25, 0.3) is 0 Å². The van der Waals surface area contributed by atoms with E-state index >= 15 is 0 Å². The highest BCUT2D eigenvalue weighted by molar-refractivity contribution is 5.95. The number of piperazine rings is 1. The summed E-state index contributed by atoms with van der Waals surface area (Å²) in [6.45, 7) is 2.68. The lowest BCUT2D eigenvalue weighted by Crippen LogP contribution is -2.50. The van der Waals surface area contributed by atoms with E-state index in [1.165, 1.54) is 24.3 Å². The van der Waals surface area contributed by atoms with Gasteiger partial charge in [0.2, 0.25) is 12.7 Å². The highest BCUT2D eigenvalue weighted by Crippen LogP contribution is 2.32. The minimum atomic E-state index is -0.346. The van der Waals surface area contributed by atoms with E-state index in [1.54, 1.807) is 23.1 Å². The molecule has 4 rings (SSSR count). The first-order valence-corrected chi connectivity index (χ1v) is 9.05. The Labute approximate surface area is 161 Å². The third kappa shape index (κ3) is 4.07. The molecule has 0 aromatic heterocycles. The third-order valence-corrected chi connectivity index (χ3v) is 4.77. The number of nitrogens with zero attached hydrogens (tertiary/aromatic N) is 2. The van der Waals surface area contributed by atoms with E-state index < -0.39 is 0 Å². The summed E-state index contributed by atoms with van der Waals surface area (Å²) in [6.07, 6.45) is 0. The zero-order valence-corrected chi connectivity index (χ0v) is 15.2. The van der Waals surface area contributed by atoms with Crippen molar-refractivity contribution in [1.29, 1.82) is 0 Å². The molecule has 2 aromatic carbocycles. The first-order valence-electron chi connectivity index (χ1n) is 9.05. The van der Waals surface area contributed by atoms with Gasteiger partial charge >= 0.3 is 0 Å². The minimum Gasteiger partial charge on any atom is -0.454 e. The van der Waals surface area contributed by atoms with Gasteiger partial charge in [0.05, 0.1) is 6.54 Å². The van der Waals surface area contributed by atoms with E-state index in [0.29, 0.717) is 48.9 Å². The summed E-state index contributed by atoms with van der Waals surface area (Å²) in [5, 5.41) is 2.75. The molecule has 0 unspecified atom stereocenters. The number of carbonyl (C=O) groups is 2. The number of anilines is 1. The summed E-state index contributed by atoms with van der Waals surface area (Å²) in [5.74, 6) is 0.660. The number of amides is 2. The maximum Gasteiger partial charge on any atom is 0.254 e. The average molecular weight is 385 g/mol. The predicted octanol–water partition coefficient (Wildman–Crippen LogP) is 1.95. The Morgan fingerprint density at radius 3 is 2.43 bits per heavy atom. The molecule has 28 heavy (non-hydrogen) atoms. The standard InChI is InChI=1S/C20H20FN3O4/c21-15-2-4-16(5-3-15)22-19(25)12-23-7-9-24(10-8-23)20(26)14-1-6-17-18(11-14)28-13-27-17/h1-6,11H,7-10,12-13H2,(H,22,25). The second-order valence-electron chi connectivity index (χ2n) is 6.69. The van der Waals surface area contributed by atoms with E-state index in [-0.39, 0.29) is 31.0 Å². The normalized spacial score (nSPS) is 16.1. The highest BCUT2D eigenvalue weighted by atomic mass is 19.1. The lowest BCUT2D eigenvalue weighted by atomic mass is 10.1. The summed E-state index contributed by atoms with van der Waals surface area (Å²) in [4.78, 5) is 28.6. The molecule has 1 saturated heterocycles. The Hall–Kier alpha value is -3.13. The molecule has 146 valence electrons. The maximum atomic E-state index is 12.9. The molecular weight excluding hydrogens is 365 g/mol. The third-order valence-electron chi connectivity index (χ3n) is 4.77. The molecule has 0 aliphatic carbocycles. The van der Waals surface area contributed by atoms with E-state index in [2.05, 4.69) is 5.32 Å². The average Bonchev–Trinajstić information content (AvgIpc) is 3.17. The Morgan fingerprint density at radius 1 is 0.964 bits per heavy atom. The summed E-state index contributed by atoms with van der Waals surface area (Å²) in [7, 11) is 0. The molecule has 2 aliphatic rings. The molecule has 0 saturated carbocycles. The van der Waals surface area contributed by atoms with Gasteiger partial charge in [0.25, 0.3) is 5.91 Å². The molecule has 0 atom stereocenters. The monoisotopic (exact) mass is 385 g/mol. The topological polar surface area (TPSA) is 71.1 Å². The molecule has 2 heterocycles. The highest BCUT2D eigenvalue weighted by Gasteiger charge is 2.25. The SMILES string of the molecule is O=C(CN1CCN(C(=O)c2ccc3c(c2)OCO3)CC1)Nc1ccc(F)cc1. The quantitative estimate of drug-likeness (QED) is 0.871. The van der Waals surface area contributed by atoms with Crippen LogP contribution in [-0.4, -0.2) is 61.1 Å². The number of rotatable bonds is 4. The van der Waals surface area contributed by atoms with Gasteiger partial charge in [-0.3, -0.25) is 14.5 Å². The van der Waals surface area contributed by atoms with Crippen molar-refractivity contribution in [1.82, 2.24) is 9.80 Å². The second kappa shape index (κ2) is 7.85. The fourth-order valence-corrected chi connectivity index (χ4v) is 3.26. The predicted molar refractivity (Wildman–Crippen MR) is 99.9 cm³/mol. The number of fused-ring (bicyclic) bond motifs is 1. The number of nitrogens with one attached hydrogen (secondary N) is 1. The number of benzene rings is 2. The van der Waals surface area contributed by atoms with Crippen molar-refractivity contribution in [2.75, 3.05) is 44.8 Å². The van der Waals surface area contributed by atoms with Crippen molar-refractivity contribution >= 4 is 17.5 Å². The van der Waals surface area contributed by atoms with Crippen molar-refractivity contribution in [3.63, 3.8) is 0 Å². The Balaban J connectivity index is 1.27. The van der Waals surface area contributed by atoms with Crippen LogP contribution in [0.5, 0.6) is 11.5 Å². The van der Waals surface area contributed by atoms with E-state index in [4.69, 9.17) is 9.47 Å². The Kier molecular flexibility index (Phi) is 5.12. The number of hydrogen-bond donors (Lipinski definition) is 1. The Bertz CT molecular complexity index is 880. The van der Waals surface area contributed by atoms with Crippen molar-refractivity contribution in [3.05, 3.63) is 53.8 Å². The fourth-order valence-electron chi connectivity index (χ4n) is 3.26. The van der Waals surface area contributed by atoms with E-state index in [1.807, 2.05) is 4.90 Å². The van der Waals surface area contributed by atoms with Gasteiger partial charge in [-0.2, -0.15) is 0 Å². The number of carbonyl (C=O) groups excluding carboxylic acids is 2. The van der Waals surface area contributed by atoms with Gasteiger partial charge in [0.1, 0.15) is 5.82 Å². The smallest absolute Gasteiger partial charge is 0.254 e.